The zero-order chi connectivity index (χ0) is 12.5. The van der Waals surface area contributed by atoms with Gasteiger partial charge in [-0.05, 0) is 12.1 Å². The number of nitrogens with zero attached hydrogens (tertiary/aromatic N) is 1. The smallest absolute Gasteiger partial charge is 0.240 e. The van der Waals surface area contributed by atoms with Gasteiger partial charge < -0.3 is 0 Å². The summed E-state index contributed by atoms with van der Waals surface area (Å²) in [6.07, 6.45) is -4.30. The summed E-state index contributed by atoms with van der Waals surface area (Å²) in [6.45, 7) is 0. The lowest BCUT2D eigenvalue weighted by Crippen LogP contribution is -2.03. The first-order valence-corrected chi connectivity index (χ1v) is 6.10. The van der Waals surface area contributed by atoms with Gasteiger partial charge in [-0.2, -0.15) is 13.2 Å². The second kappa shape index (κ2) is 4.66. The van der Waals surface area contributed by atoms with Crippen LogP contribution in [0.15, 0.2) is 29.6 Å². The standard InChI is InChI=1S/C11H7ClF3NS/c12-5-10-16-9(6-17-10)7-1-3-8(4-2-7)11(13,14)15/h1-4,6H,5H2. The molecule has 0 saturated heterocycles. The van der Waals surface area contributed by atoms with Crippen LogP contribution >= 0.6 is 22.9 Å². The van der Waals surface area contributed by atoms with Crippen molar-refractivity contribution in [3.63, 3.8) is 0 Å². The first-order valence-electron chi connectivity index (χ1n) is 4.68. The van der Waals surface area contributed by atoms with Gasteiger partial charge >= 0.3 is 6.18 Å². The van der Waals surface area contributed by atoms with Gasteiger partial charge in [0, 0.05) is 10.9 Å². The van der Waals surface area contributed by atoms with Crippen LogP contribution in [0.3, 0.4) is 0 Å². The lowest BCUT2D eigenvalue weighted by atomic mass is 10.1. The van der Waals surface area contributed by atoms with Crippen molar-refractivity contribution >= 4 is 22.9 Å². The molecule has 1 heterocycles. The van der Waals surface area contributed by atoms with Crippen LogP contribution in [0.25, 0.3) is 11.3 Å². The summed E-state index contributed by atoms with van der Waals surface area (Å²) in [5, 5.41) is 2.53. The molecule has 0 saturated carbocycles. The van der Waals surface area contributed by atoms with Gasteiger partial charge in [0.2, 0.25) is 0 Å². The first-order chi connectivity index (χ1) is 8.00. The van der Waals surface area contributed by atoms with Crippen molar-refractivity contribution in [1.29, 1.82) is 0 Å². The van der Waals surface area contributed by atoms with E-state index in [-0.39, 0.29) is 0 Å². The van der Waals surface area contributed by atoms with Gasteiger partial charge in [-0.3, -0.25) is 0 Å². The number of rotatable bonds is 2. The fourth-order valence-electron chi connectivity index (χ4n) is 1.33. The van der Waals surface area contributed by atoms with Crippen molar-refractivity contribution in [2.75, 3.05) is 0 Å². The molecule has 0 aliphatic heterocycles. The Hall–Kier alpha value is -1.07. The van der Waals surface area contributed by atoms with E-state index in [0.717, 1.165) is 17.1 Å². The highest BCUT2D eigenvalue weighted by atomic mass is 35.5. The number of thiazole rings is 1. The molecule has 0 aliphatic carbocycles. The van der Waals surface area contributed by atoms with E-state index in [4.69, 9.17) is 11.6 Å². The zero-order valence-electron chi connectivity index (χ0n) is 8.46. The molecule has 0 amide bonds. The molecule has 0 spiro atoms. The number of halogens is 4. The Kier molecular flexibility index (Phi) is 3.40. The molecule has 0 N–H and O–H groups in total. The molecule has 0 bridgehead atoms. The van der Waals surface area contributed by atoms with Crippen LogP contribution in [0, 0.1) is 0 Å². The zero-order valence-corrected chi connectivity index (χ0v) is 10.0. The summed E-state index contributed by atoms with van der Waals surface area (Å²) < 4.78 is 37.0. The van der Waals surface area contributed by atoms with Crippen molar-refractivity contribution in [2.45, 2.75) is 12.1 Å². The fraction of sp³-hybridized carbons (Fsp3) is 0.182. The maximum absolute atomic E-state index is 12.3. The summed E-state index contributed by atoms with van der Waals surface area (Å²) in [6, 6.07) is 4.93. The summed E-state index contributed by atoms with van der Waals surface area (Å²) in [7, 11) is 0. The van der Waals surface area contributed by atoms with E-state index < -0.39 is 11.7 Å². The SMILES string of the molecule is FC(F)(F)c1ccc(-c2csc(CCl)n2)cc1. The summed E-state index contributed by atoms with van der Waals surface area (Å²) in [4.78, 5) is 4.20. The van der Waals surface area contributed by atoms with E-state index in [0.29, 0.717) is 17.1 Å². The largest absolute Gasteiger partial charge is 0.416 e. The monoisotopic (exact) mass is 277 g/mol. The Bertz CT molecular complexity index is 504. The summed E-state index contributed by atoms with van der Waals surface area (Å²) in [5.41, 5.74) is 0.652. The highest BCUT2D eigenvalue weighted by Crippen LogP contribution is 2.31. The number of aromatic nitrogens is 1. The molecule has 17 heavy (non-hydrogen) atoms. The van der Waals surface area contributed by atoms with E-state index in [1.165, 1.54) is 23.5 Å². The van der Waals surface area contributed by atoms with E-state index in [2.05, 4.69) is 4.98 Å². The van der Waals surface area contributed by atoms with Crippen LogP contribution in [0.5, 0.6) is 0 Å². The molecule has 90 valence electrons. The third-order valence-electron chi connectivity index (χ3n) is 2.17. The molecule has 0 radical (unpaired) electrons. The van der Waals surface area contributed by atoms with E-state index in [1.807, 2.05) is 0 Å². The first kappa shape index (κ1) is 12.4. The van der Waals surface area contributed by atoms with Gasteiger partial charge in [-0.25, -0.2) is 4.98 Å². The minimum Gasteiger partial charge on any atom is -0.240 e. The van der Waals surface area contributed by atoms with Crippen LogP contribution in [-0.4, -0.2) is 4.98 Å². The second-order valence-corrected chi connectivity index (χ2v) is 4.55. The van der Waals surface area contributed by atoms with Crippen molar-refractivity contribution in [1.82, 2.24) is 4.98 Å². The van der Waals surface area contributed by atoms with Crippen LogP contribution in [0.4, 0.5) is 13.2 Å². The minimum absolute atomic E-state index is 0.311. The van der Waals surface area contributed by atoms with Crippen LogP contribution in [0.2, 0.25) is 0 Å². The van der Waals surface area contributed by atoms with Gasteiger partial charge in [0.25, 0.3) is 0 Å². The fourth-order valence-corrected chi connectivity index (χ4v) is 2.23. The Morgan fingerprint density at radius 2 is 1.82 bits per heavy atom. The normalized spacial score (nSPS) is 11.8. The summed E-state index contributed by atoms with van der Waals surface area (Å²) >= 11 is 7.00. The molecule has 2 rings (SSSR count). The molecule has 1 nitrogen and oxygen atoms in total. The van der Waals surface area contributed by atoms with Crippen LogP contribution in [-0.2, 0) is 12.1 Å². The average molecular weight is 278 g/mol. The summed E-state index contributed by atoms with van der Waals surface area (Å²) in [5.74, 6) is 0.311. The number of benzene rings is 1. The highest BCUT2D eigenvalue weighted by Gasteiger charge is 2.30. The van der Waals surface area contributed by atoms with Gasteiger partial charge in [0.1, 0.15) is 5.01 Å². The Morgan fingerprint density at radius 3 is 2.29 bits per heavy atom. The Labute approximate surface area is 105 Å². The van der Waals surface area contributed by atoms with E-state index >= 15 is 0 Å². The molecular weight excluding hydrogens is 271 g/mol. The molecule has 1 aromatic carbocycles. The van der Waals surface area contributed by atoms with Crippen molar-refractivity contribution in [3.8, 4) is 11.3 Å². The number of hydrogen-bond donors (Lipinski definition) is 0. The average Bonchev–Trinajstić information content (AvgIpc) is 2.76. The van der Waals surface area contributed by atoms with Crippen LogP contribution < -0.4 is 0 Å². The van der Waals surface area contributed by atoms with Crippen molar-refractivity contribution in [2.24, 2.45) is 0 Å². The Morgan fingerprint density at radius 1 is 1.18 bits per heavy atom. The second-order valence-electron chi connectivity index (χ2n) is 3.34. The van der Waals surface area contributed by atoms with Gasteiger partial charge in [0.05, 0.1) is 17.1 Å². The number of hydrogen-bond acceptors (Lipinski definition) is 2. The van der Waals surface area contributed by atoms with Crippen molar-refractivity contribution in [3.05, 3.63) is 40.2 Å². The van der Waals surface area contributed by atoms with Gasteiger partial charge in [0.15, 0.2) is 0 Å². The predicted octanol–water partition coefficient (Wildman–Crippen LogP) is 4.57. The molecule has 0 atom stereocenters. The predicted molar refractivity (Wildman–Crippen MR) is 62.1 cm³/mol. The van der Waals surface area contributed by atoms with Gasteiger partial charge in [-0.1, -0.05) is 12.1 Å². The molecule has 0 unspecified atom stereocenters. The molecular formula is C11H7ClF3NS. The topological polar surface area (TPSA) is 12.9 Å². The molecule has 6 heteroatoms. The van der Waals surface area contributed by atoms with E-state index in [9.17, 15) is 13.2 Å². The Balaban J connectivity index is 2.29. The molecule has 0 fully saturated rings. The number of alkyl halides is 4. The van der Waals surface area contributed by atoms with Crippen molar-refractivity contribution < 1.29 is 13.2 Å². The molecule has 0 aliphatic rings. The third kappa shape index (κ3) is 2.79. The third-order valence-corrected chi connectivity index (χ3v) is 3.43. The molecule has 2 aromatic rings. The maximum atomic E-state index is 12.3. The lowest BCUT2D eigenvalue weighted by molar-refractivity contribution is -0.137. The van der Waals surface area contributed by atoms with Gasteiger partial charge in [-0.15, -0.1) is 22.9 Å². The maximum Gasteiger partial charge on any atom is 0.416 e. The van der Waals surface area contributed by atoms with E-state index in [1.54, 1.807) is 5.38 Å². The highest BCUT2D eigenvalue weighted by molar-refractivity contribution is 7.10. The van der Waals surface area contributed by atoms with Crippen LogP contribution in [0.1, 0.15) is 10.6 Å². The quantitative estimate of drug-likeness (QED) is 0.733. The molecule has 1 aromatic heterocycles. The minimum atomic E-state index is -4.30. The lowest BCUT2D eigenvalue weighted by Gasteiger charge is -2.06.